The molecule has 1 aliphatic carbocycles. The Morgan fingerprint density at radius 1 is 1.21 bits per heavy atom. The first-order valence-corrected chi connectivity index (χ1v) is 8.14. The summed E-state index contributed by atoms with van der Waals surface area (Å²) in [6, 6.07) is 0.417. The van der Waals surface area contributed by atoms with Crippen molar-refractivity contribution in [2.75, 3.05) is 20.1 Å². The van der Waals surface area contributed by atoms with Crippen LogP contribution in [0.1, 0.15) is 60.3 Å². The predicted molar refractivity (Wildman–Crippen MR) is 85.2 cm³/mol. The molecular weight excluding hydrogens is 232 g/mol. The molecule has 0 aromatic rings. The van der Waals surface area contributed by atoms with E-state index in [2.05, 4.69) is 46.6 Å². The highest BCUT2D eigenvalue weighted by Crippen LogP contribution is 2.40. The molecule has 0 amide bonds. The Balaban J connectivity index is 2.46. The second kappa shape index (κ2) is 7.08. The summed E-state index contributed by atoms with van der Waals surface area (Å²) in [6.07, 6.45) is 5.14. The zero-order valence-electron chi connectivity index (χ0n) is 14.1. The molecule has 0 aliphatic heterocycles. The van der Waals surface area contributed by atoms with E-state index in [1.165, 1.54) is 38.8 Å². The van der Waals surface area contributed by atoms with Crippen LogP contribution in [-0.2, 0) is 0 Å². The quantitative estimate of drug-likeness (QED) is 0.823. The van der Waals surface area contributed by atoms with Crippen LogP contribution in [0, 0.1) is 23.2 Å². The third-order valence-corrected chi connectivity index (χ3v) is 4.90. The lowest BCUT2D eigenvalue weighted by molar-refractivity contribution is 0.105. The van der Waals surface area contributed by atoms with Gasteiger partial charge in [-0.2, -0.15) is 0 Å². The van der Waals surface area contributed by atoms with Crippen molar-refractivity contribution >= 4 is 0 Å². The van der Waals surface area contributed by atoms with E-state index in [0.717, 1.165) is 11.8 Å². The van der Waals surface area contributed by atoms with Gasteiger partial charge in [-0.15, -0.1) is 0 Å². The lowest BCUT2D eigenvalue weighted by Crippen LogP contribution is -2.44. The van der Waals surface area contributed by atoms with Crippen molar-refractivity contribution in [3.05, 3.63) is 0 Å². The van der Waals surface area contributed by atoms with Gasteiger partial charge in [0.2, 0.25) is 0 Å². The van der Waals surface area contributed by atoms with E-state index in [9.17, 15) is 0 Å². The summed E-state index contributed by atoms with van der Waals surface area (Å²) < 4.78 is 0. The maximum absolute atomic E-state index is 6.36. The van der Waals surface area contributed by atoms with Gasteiger partial charge in [0.15, 0.2) is 0 Å². The van der Waals surface area contributed by atoms with Gasteiger partial charge in [-0.05, 0) is 62.4 Å². The second-order valence-corrected chi connectivity index (χ2v) is 8.24. The fraction of sp³-hybridized carbons (Fsp3) is 1.00. The number of hydrogen-bond acceptors (Lipinski definition) is 2. The molecule has 1 aliphatic rings. The summed E-state index contributed by atoms with van der Waals surface area (Å²) in [5.41, 5.74) is 6.80. The Labute approximate surface area is 121 Å². The van der Waals surface area contributed by atoms with Gasteiger partial charge in [0, 0.05) is 12.6 Å². The minimum atomic E-state index is 0.417. The third kappa shape index (κ3) is 5.83. The third-order valence-electron chi connectivity index (χ3n) is 4.90. The van der Waals surface area contributed by atoms with Crippen molar-refractivity contribution in [3.63, 3.8) is 0 Å². The first-order valence-electron chi connectivity index (χ1n) is 8.14. The molecule has 0 radical (unpaired) electrons. The number of hydrogen-bond donors (Lipinski definition) is 1. The van der Waals surface area contributed by atoms with Crippen molar-refractivity contribution in [2.45, 2.75) is 66.3 Å². The molecule has 0 aromatic heterocycles. The molecule has 0 heterocycles. The van der Waals surface area contributed by atoms with E-state index < -0.39 is 0 Å². The molecule has 3 atom stereocenters. The van der Waals surface area contributed by atoms with Crippen LogP contribution < -0.4 is 5.73 Å². The molecule has 3 unspecified atom stereocenters. The molecule has 0 aromatic carbocycles. The Bertz CT molecular complexity index is 254. The van der Waals surface area contributed by atoms with Gasteiger partial charge in [0.1, 0.15) is 0 Å². The minimum absolute atomic E-state index is 0.417. The molecular formula is C17H36N2. The summed E-state index contributed by atoms with van der Waals surface area (Å²) in [4.78, 5) is 2.50. The predicted octanol–water partition coefficient (Wildman–Crippen LogP) is 3.75. The van der Waals surface area contributed by atoms with Gasteiger partial charge in [-0.3, -0.25) is 0 Å². The lowest BCUT2D eigenvalue weighted by Gasteiger charge is -2.42. The van der Waals surface area contributed by atoms with Gasteiger partial charge in [-0.25, -0.2) is 0 Å². The fourth-order valence-electron chi connectivity index (χ4n) is 3.25. The Kier molecular flexibility index (Phi) is 6.32. The summed E-state index contributed by atoms with van der Waals surface area (Å²) in [5.74, 6) is 2.33. The van der Waals surface area contributed by atoms with Gasteiger partial charge < -0.3 is 10.6 Å². The molecule has 1 rings (SSSR count). The van der Waals surface area contributed by atoms with Crippen LogP contribution in [0.5, 0.6) is 0 Å². The van der Waals surface area contributed by atoms with Crippen molar-refractivity contribution in [2.24, 2.45) is 28.9 Å². The van der Waals surface area contributed by atoms with Crippen molar-refractivity contribution in [1.82, 2.24) is 4.90 Å². The molecule has 0 spiro atoms. The first kappa shape index (κ1) is 17.0. The molecule has 19 heavy (non-hydrogen) atoms. The molecule has 2 nitrogen and oxygen atoms in total. The second-order valence-electron chi connectivity index (χ2n) is 8.24. The van der Waals surface area contributed by atoms with E-state index in [0.29, 0.717) is 17.4 Å². The summed E-state index contributed by atoms with van der Waals surface area (Å²) in [5, 5.41) is 0. The standard InChI is InChI=1S/C17H36N2/c1-13(2)9-10-19(6)12-14-11-15(17(3,4)5)7-8-16(14)18/h13-16H,7-12,18H2,1-6H3. The highest BCUT2D eigenvalue weighted by molar-refractivity contribution is 4.88. The Morgan fingerprint density at radius 3 is 2.37 bits per heavy atom. The summed E-state index contributed by atoms with van der Waals surface area (Å²) in [7, 11) is 2.26. The first-order chi connectivity index (χ1) is 8.70. The Morgan fingerprint density at radius 2 is 1.84 bits per heavy atom. The van der Waals surface area contributed by atoms with Gasteiger partial charge in [0.25, 0.3) is 0 Å². The highest BCUT2D eigenvalue weighted by Gasteiger charge is 2.34. The largest absolute Gasteiger partial charge is 0.327 e. The maximum Gasteiger partial charge on any atom is 0.00795 e. The van der Waals surface area contributed by atoms with E-state index in [4.69, 9.17) is 5.73 Å². The average Bonchev–Trinajstić information content (AvgIpc) is 2.28. The zero-order chi connectivity index (χ0) is 14.6. The summed E-state index contributed by atoms with van der Waals surface area (Å²) >= 11 is 0. The van der Waals surface area contributed by atoms with E-state index >= 15 is 0 Å². The van der Waals surface area contributed by atoms with Gasteiger partial charge in [-0.1, -0.05) is 34.6 Å². The van der Waals surface area contributed by atoms with Crippen LogP contribution >= 0.6 is 0 Å². The molecule has 2 heteroatoms. The molecule has 0 bridgehead atoms. The zero-order valence-corrected chi connectivity index (χ0v) is 14.1. The van der Waals surface area contributed by atoms with Crippen LogP contribution in [0.4, 0.5) is 0 Å². The minimum Gasteiger partial charge on any atom is -0.327 e. The lowest BCUT2D eigenvalue weighted by atomic mass is 9.67. The average molecular weight is 268 g/mol. The van der Waals surface area contributed by atoms with Crippen LogP contribution in [0.15, 0.2) is 0 Å². The van der Waals surface area contributed by atoms with Crippen LogP contribution in [0.3, 0.4) is 0 Å². The van der Waals surface area contributed by atoms with E-state index in [-0.39, 0.29) is 0 Å². The SMILES string of the molecule is CC(C)CCN(C)CC1CC(C(C)(C)C)CCC1N. The van der Waals surface area contributed by atoms with Gasteiger partial charge >= 0.3 is 0 Å². The summed E-state index contributed by atoms with van der Waals surface area (Å²) in [6.45, 7) is 14.1. The molecule has 1 fully saturated rings. The molecule has 2 N–H and O–H groups in total. The number of rotatable bonds is 5. The Hall–Kier alpha value is -0.0800. The molecule has 114 valence electrons. The number of nitrogens with zero attached hydrogens (tertiary/aromatic N) is 1. The topological polar surface area (TPSA) is 29.3 Å². The monoisotopic (exact) mass is 268 g/mol. The van der Waals surface area contributed by atoms with Crippen LogP contribution in [-0.4, -0.2) is 31.1 Å². The van der Waals surface area contributed by atoms with Crippen LogP contribution in [0.25, 0.3) is 0 Å². The van der Waals surface area contributed by atoms with Crippen molar-refractivity contribution in [3.8, 4) is 0 Å². The normalized spacial score (nSPS) is 29.2. The maximum atomic E-state index is 6.36. The smallest absolute Gasteiger partial charge is 0.00795 e. The molecule has 1 saturated carbocycles. The number of nitrogens with two attached hydrogens (primary N) is 1. The molecule has 0 saturated heterocycles. The van der Waals surface area contributed by atoms with Crippen LogP contribution in [0.2, 0.25) is 0 Å². The van der Waals surface area contributed by atoms with Crippen molar-refractivity contribution in [1.29, 1.82) is 0 Å². The van der Waals surface area contributed by atoms with Gasteiger partial charge in [0.05, 0.1) is 0 Å². The van der Waals surface area contributed by atoms with Crippen molar-refractivity contribution < 1.29 is 0 Å². The highest BCUT2D eigenvalue weighted by atomic mass is 15.1. The fourth-order valence-corrected chi connectivity index (χ4v) is 3.25. The van der Waals surface area contributed by atoms with E-state index in [1.54, 1.807) is 0 Å². The van der Waals surface area contributed by atoms with E-state index in [1.807, 2.05) is 0 Å².